The molecule has 0 unspecified atom stereocenters. The molecule has 152 valence electrons. The Labute approximate surface area is 159 Å². The van der Waals surface area contributed by atoms with Crippen molar-refractivity contribution in [1.82, 2.24) is 10.2 Å². The summed E-state index contributed by atoms with van der Waals surface area (Å²) < 4.78 is 38.0. The van der Waals surface area contributed by atoms with Crippen LogP contribution in [0.4, 0.5) is 4.79 Å². The van der Waals surface area contributed by atoms with Crippen LogP contribution in [0.1, 0.15) is 19.4 Å². The van der Waals surface area contributed by atoms with Crippen LogP contribution < -0.4 is 9.50 Å². The van der Waals surface area contributed by atoms with Crippen molar-refractivity contribution < 1.29 is 31.7 Å². The van der Waals surface area contributed by atoms with E-state index in [-0.39, 0.29) is 37.7 Å². The third kappa shape index (κ3) is 8.74. The van der Waals surface area contributed by atoms with Gasteiger partial charge < -0.3 is 23.9 Å². The van der Waals surface area contributed by atoms with E-state index in [2.05, 4.69) is 5.32 Å². The van der Waals surface area contributed by atoms with E-state index < -0.39 is 22.1 Å². The quantitative estimate of drug-likeness (QED) is 0.436. The van der Waals surface area contributed by atoms with Crippen molar-refractivity contribution in [1.29, 1.82) is 0 Å². The van der Waals surface area contributed by atoms with Gasteiger partial charge in [0.15, 0.2) is 0 Å². The number of carbonyl (C=O) groups is 2. The molecule has 0 aliphatic carbocycles. The van der Waals surface area contributed by atoms with Gasteiger partial charge in [-0.2, -0.15) is 8.42 Å². The number of hydrogen-bond acceptors (Lipinski definition) is 7. The number of carbonyl (C=O) groups excluding carboxylic acids is 2. The number of amides is 2. The number of ether oxygens (including phenoxy) is 2. The summed E-state index contributed by atoms with van der Waals surface area (Å²) in [5, 5.41) is 2.49. The van der Waals surface area contributed by atoms with Gasteiger partial charge in [-0.3, -0.25) is 4.79 Å². The predicted octanol–water partition coefficient (Wildman–Crippen LogP) is 1.14. The Morgan fingerprint density at radius 3 is 2.59 bits per heavy atom. The van der Waals surface area contributed by atoms with Crippen LogP contribution in [0, 0.1) is 0 Å². The van der Waals surface area contributed by atoms with Gasteiger partial charge in [0.25, 0.3) is 0 Å². The zero-order valence-electron chi connectivity index (χ0n) is 15.8. The average Bonchev–Trinajstić information content (AvgIpc) is 2.63. The zero-order chi connectivity index (χ0) is 20.3. The summed E-state index contributed by atoms with van der Waals surface area (Å²) in [5.74, 6) is -0.501. The Kier molecular flexibility index (Phi) is 9.59. The molecule has 0 saturated carbocycles. The second-order valence-corrected chi connectivity index (χ2v) is 7.31. The molecule has 1 rings (SSSR count). The maximum atomic E-state index is 12.3. The highest BCUT2D eigenvalue weighted by Crippen LogP contribution is 2.17. The maximum Gasteiger partial charge on any atom is 0.325 e. The summed E-state index contributed by atoms with van der Waals surface area (Å²) in [5.41, 5.74) is 0.668. The molecule has 0 aliphatic rings. The molecule has 1 aromatic rings. The Balaban J connectivity index is 2.81. The minimum atomic E-state index is -3.64. The largest absolute Gasteiger partial charge is 0.465 e. The van der Waals surface area contributed by atoms with Gasteiger partial charge in [0.05, 0.1) is 19.0 Å². The number of nitrogens with one attached hydrogen (secondary N) is 1. The molecular formula is C17H26N2O7S. The van der Waals surface area contributed by atoms with Gasteiger partial charge in [0.1, 0.15) is 12.3 Å². The lowest BCUT2D eigenvalue weighted by Crippen LogP contribution is -2.43. The number of esters is 1. The van der Waals surface area contributed by atoms with Crippen molar-refractivity contribution in [2.75, 3.05) is 39.2 Å². The van der Waals surface area contributed by atoms with Crippen LogP contribution in [-0.2, 0) is 30.9 Å². The zero-order valence-corrected chi connectivity index (χ0v) is 16.6. The van der Waals surface area contributed by atoms with Gasteiger partial charge in [-0.1, -0.05) is 12.1 Å². The first-order valence-corrected chi connectivity index (χ1v) is 10.1. The minimum absolute atomic E-state index is 0.145. The van der Waals surface area contributed by atoms with E-state index in [4.69, 9.17) is 13.7 Å². The van der Waals surface area contributed by atoms with Crippen LogP contribution in [0.3, 0.4) is 0 Å². The van der Waals surface area contributed by atoms with Crippen LogP contribution in [0.2, 0.25) is 0 Å². The van der Waals surface area contributed by atoms with Crippen LogP contribution in [-0.4, -0.2) is 64.5 Å². The van der Waals surface area contributed by atoms with E-state index in [1.165, 1.54) is 25.0 Å². The Bertz CT molecular complexity index is 722. The monoisotopic (exact) mass is 402 g/mol. The van der Waals surface area contributed by atoms with E-state index in [0.717, 1.165) is 0 Å². The molecule has 10 heteroatoms. The molecule has 9 nitrogen and oxygen atoms in total. The smallest absolute Gasteiger partial charge is 0.325 e. The van der Waals surface area contributed by atoms with E-state index in [9.17, 15) is 18.0 Å². The van der Waals surface area contributed by atoms with Crippen molar-refractivity contribution >= 4 is 22.1 Å². The normalized spacial score (nSPS) is 10.9. The number of methoxy groups -OCH3 is 1. The second kappa shape index (κ2) is 11.4. The molecule has 0 spiro atoms. The summed E-state index contributed by atoms with van der Waals surface area (Å²) in [7, 11) is -2.12. The second-order valence-electron chi connectivity index (χ2n) is 5.46. The minimum Gasteiger partial charge on any atom is -0.465 e. The molecular weight excluding hydrogens is 376 g/mol. The first-order chi connectivity index (χ1) is 12.8. The van der Waals surface area contributed by atoms with E-state index in [1.54, 1.807) is 25.1 Å². The Morgan fingerprint density at radius 2 is 1.96 bits per heavy atom. The number of nitrogens with zero attached hydrogens (tertiary/aromatic N) is 1. The molecule has 1 N–H and O–H groups in total. The first-order valence-electron chi connectivity index (χ1n) is 8.49. The van der Waals surface area contributed by atoms with Gasteiger partial charge in [0.2, 0.25) is 0 Å². The maximum absolute atomic E-state index is 12.3. The summed E-state index contributed by atoms with van der Waals surface area (Å²) in [6.45, 7) is 3.92. The van der Waals surface area contributed by atoms with Crippen LogP contribution in [0.25, 0.3) is 0 Å². The van der Waals surface area contributed by atoms with Crippen molar-refractivity contribution in [2.45, 2.75) is 20.4 Å². The summed E-state index contributed by atoms with van der Waals surface area (Å²) in [4.78, 5) is 25.2. The van der Waals surface area contributed by atoms with Gasteiger partial charge in [-0.15, -0.1) is 0 Å². The van der Waals surface area contributed by atoms with Gasteiger partial charge in [-0.25, -0.2) is 4.79 Å². The third-order valence-electron chi connectivity index (χ3n) is 3.39. The molecule has 0 aliphatic heterocycles. The lowest BCUT2D eigenvalue weighted by molar-refractivity contribution is -0.141. The summed E-state index contributed by atoms with van der Waals surface area (Å²) in [6.07, 6.45) is 0. The highest BCUT2D eigenvalue weighted by atomic mass is 32.2. The van der Waals surface area contributed by atoms with Gasteiger partial charge in [-0.05, 0) is 31.5 Å². The van der Waals surface area contributed by atoms with Crippen LogP contribution >= 0.6 is 0 Å². The molecule has 27 heavy (non-hydrogen) atoms. The molecule has 0 fully saturated rings. The van der Waals surface area contributed by atoms with Gasteiger partial charge in [0, 0.05) is 20.2 Å². The topological polar surface area (TPSA) is 111 Å². The average molecular weight is 402 g/mol. The number of benzene rings is 1. The molecule has 1 aromatic carbocycles. The lowest BCUT2D eigenvalue weighted by Gasteiger charge is -2.23. The fraction of sp³-hybridized carbons (Fsp3) is 0.529. The Hall–Kier alpha value is -2.33. The molecule has 0 heterocycles. The van der Waals surface area contributed by atoms with E-state index >= 15 is 0 Å². The predicted molar refractivity (Wildman–Crippen MR) is 98.8 cm³/mol. The van der Waals surface area contributed by atoms with Crippen molar-refractivity contribution in [2.24, 2.45) is 0 Å². The summed E-state index contributed by atoms with van der Waals surface area (Å²) >= 11 is 0. The fourth-order valence-corrected chi connectivity index (χ4v) is 2.56. The Morgan fingerprint density at radius 1 is 1.22 bits per heavy atom. The molecule has 2 amide bonds. The van der Waals surface area contributed by atoms with E-state index in [0.29, 0.717) is 12.2 Å². The fourth-order valence-electron chi connectivity index (χ4n) is 2.05. The highest BCUT2D eigenvalue weighted by molar-refractivity contribution is 7.87. The molecule has 0 radical (unpaired) electrons. The highest BCUT2D eigenvalue weighted by Gasteiger charge is 2.16. The molecule has 0 atom stereocenters. The third-order valence-corrected chi connectivity index (χ3v) is 4.54. The van der Waals surface area contributed by atoms with Crippen LogP contribution in [0.5, 0.6) is 5.75 Å². The van der Waals surface area contributed by atoms with Crippen molar-refractivity contribution in [3.63, 3.8) is 0 Å². The number of hydrogen-bond donors (Lipinski definition) is 1. The summed E-state index contributed by atoms with van der Waals surface area (Å²) in [6, 6.07) is 5.99. The van der Waals surface area contributed by atoms with Crippen LogP contribution in [0.15, 0.2) is 24.3 Å². The van der Waals surface area contributed by atoms with Gasteiger partial charge >= 0.3 is 22.1 Å². The van der Waals surface area contributed by atoms with E-state index in [1.807, 2.05) is 0 Å². The molecule has 0 aromatic heterocycles. The standard InChI is InChI=1S/C17H26N2O7S/c1-4-25-16(20)12-18-17(21)19(9-10-24-3)13-14-7-6-8-15(11-14)26-27(22,23)5-2/h6-8,11H,4-5,9-10,12-13H2,1-3H3,(H,18,21). The van der Waals surface area contributed by atoms with Crippen molar-refractivity contribution in [3.8, 4) is 5.75 Å². The van der Waals surface area contributed by atoms with Crippen molar-refractivity contribution in [3.05, 3.63) is 29.8 Å². The SMILES string of the molecule is CCOC(=O)CNC(=O)N(CCOC)Cc1cccc(OS(=O)(=O)CC)c1. The lowest BCUT2D eigenvalue weighted by atomic mass is 10.2. The number of urea groups is 1. The molecule has 0 saturated heterocycles. The number of rotatable bonds is 11. The first kappa shape index (κ1) is 22.7. The molecule has 0 bridgehead atoms.